The number of anilines is 1. The number of thiazole rings is 1. The summed E-state index contributed by atoms with van der Waals surface area (Å²) >= 11 is 1.37. The summed E-state index contributed by atoms with van der Waals surface area (Å²) in [7, 11) is 3.09. The van der Waals surface area contributed by atoms with Crippen LogP contribution in [0.4, 0.5) is 5.13 Å². The van der Waals surface area contributed by atoms with Crippen LogP contribution in [0.2, 0.25) is 0 Å². The van der Waals surface area contributed by atoms with Crippen molar-refractivity contribution in [3.63, 3.8) is 0 Å². The molecule has 0 saturated heterocycles. The van der Waals surface area contributed by atoms with Gasteiger partial charge in [0.2, 0.25) is 0 Å². The molecule has 0 aliphatic carbocycles. The second-order valence-corrected chi connectivity index (χ2v) is 7.45. The van der Waals surface area contributed by atoms with E-state index in [-0.39, 0.29) is 17.6 Å². The van der Waals surface area contributed by atoms with Crippen LogP contribution in [0, 0.1) is 0 Å². The van der Waals surface area contributed by atoms with Crippen LogP contribution in [0.5, 0.6) is 11.5 Å². The van der Waals surface area contributed by atoms with Gasteiger partial charge in [0.05, 0.1) is 32.7 Å². The van der Waals surface area contributed by atoms with Gasteiger partial charge in [-0.15, -0.1) is 0 Å². The van der Waals surface area contributed by atoms with Gasteiger partial charge in [0, 0.05) is 23.4 Å². The SMILES string of the molecule is COc1ccc(C(=O)N2CCc3nc(NC(=O)c4ccco4)sc3C2)cc1OC. The van der Waals surface area contributed by atoms with Crippen LogP contribution < -0.4 is 14.8 Å². The number of furan rings is 1. The fraction of sp³-hybridized carbons (Fsp3) is 0.250. The third-order valence-corrected chi connectivity index (χ3v) is 5.61. The molecule has 0 radical (unpaired) electrons. The summed E-state index contributed by atoms with van der Waals surface area (Å²) in [5.41, 5.74) is 1.43. The molecule has 0 bridgehead atoms. The highest BCUT2D eigenvalue weighted by Gasteiger charge is 2.26. The zero-order valence-corrected chi connectivity index (χ0v) is 16.7. The highest BCUT2D eigenvalue weighted by atomic mass is 32.1. The Hall–Kier alpha value is -3.33. The van der Waals surface area contributed by atoms with E-state index in [2.05, 4.69) is 10.3 Å². The average Bonchev–Trinajstić information content (AvgIpc) is 3.41. The zero-order chi connectivity index (χ0) is 20.4. The van der Waals surface area contributed by atoms with Gasteiger partial charge in [0.15, 0.2) is 22.4 Å². The van der Waals surface area contributed by atoms with Gasteiger partial charge in [-0.1, -0.05) is 11.3 Å². The number of hydrogen-bond acceptors (Lipinski definition) is 7. The zero-order valence-electron chi connectivity index (χ0n) is 15.9. The van der Waals surface area contributed by atoms with Gasteiger partial charge in [-0.05, 0) is 30.3 Å². The average molecular weight is 413 g/mol. The lowest BCUT2D eigenvalue weighted by atomic mass is 10.1. The standard InChI is InChI=1S/C20H19N3O5S/c1-26-14-6-5-12(10-16(14)27-2)19(25)23-8-7-13-17(11-23)29-20(21-13)22-18(24)15-4-3-9-28-15/h3-6,9-10H,7-8,11H2,1-2H3,(H,21,22,24). The Bertz CT molecular complexity index is 1040. The number of nitrogens with one attached hydrogen (secondary N) is 1. The summed E-state index contributed by atoms with van der Waals surface area (Å²) in [4.78, 5) is 32.3. The minimum absolute atomic E-state index is 0.0915. The lowest BCUT2D eigenvalue weighted by Gasteiger charge is -2.26. The molecule has 1 N–H and O–H groups in total. The van der Waals surface area contributed by atoms with Crippen molar-refractivity contribution in [3.8, 4) is 11.5 Å². The summed E-state index contributed by atoms with van der Waals surface area (Å²) in [6, 6.07) is 8.36. The molecular weight excluding hydrogens is 394 g/mol. The predicted molar refractivity (Wildman–Crippen MR) is 107 cm³/mol. The first-order chi connectivity index (χ1) is 14.1. The normalized spacial score (nSPS) is 13.0. The van der Waals surface area contributed by atoms with Crippen LogP contribution in [0.25, 0.3) is 0 Å². The van der Waals surface area contributed by atoms with Crippen molar-refractivity contribution in [2.45, 2.75) is 13.0 Å². The first-order valence-electron chi connectivity index (χ1n) is 8.93. The van der Waals surface area contributed by atoms with Crippen molar-refractivity contribution in [2.24, 2.45) is 0 Å². The van der Waals surface area contributed by atoms with Crippen molar-refractivity contribution < 1.29 is 23.5 Å². The highest BCUT2D eigenvalue weighted by Crippen LogP contribution is 2.31. The molecule has 9 heteroatoms. The summed E-state index contributed by atoms with van der Waals surface area (Å²) < 4.78 is 15.6. The number of ether oxygens (including phenoxy) is 2. The van der Waals surface area contributed by atoms with E-state index >= 15 is 0 Å². The summed E-state index contributed by atoms with van der Waals surface area (Å²) in [6.07, 6.45) is 2.07. The van der Waals surface area contributed by atoms with E-state index in [4.69, 9.17) is 13.9 Å². The molecule has 8 nitrogen and oxygen atoms in total. The number of hydrogen-bond donors (Lipinski definition) is 1. The van der Waals surface area contributed by atoms with E-state index in [9.17, 15) is 9.59 Å². The molecular formula is C20H19N3O5S. The van der Waals surface area contributed by atoms with E-state index in [1.165, 1.54) is 24.7 Å². The molecule has 150 valence electrons. The summed E-state index contributed by atoms with van der Waals surface area (Å²) in [5.74, 6) is 0.870. The van der Waals surface area contributed by atoms with E-state index in [1.54, 1.807) is 42.3 Å². The molecule has 0 spiro atoms. The Kier molecular flexibility index (Phi) is 5.22. The minimum Gasteiger partial charge on any atom is -0.493 e. The molecule has 2 aromatic heterocycles. The van der Waals surface area contributed by atoms with E-state index in [0.717, 1.165) is 10.6 Å². The van der Waals surface area contributed by atoms with Crippen molar-refractivity contribution >= 4 is 28.3 Å². The molecule has 1 aliphatic rings. The fourth-order valence-corrected chi connectivity index (χ4v) is 4.16. The molecule has 3 heterocycles. The molecule has 0 fully saturated rings. The van der Waals surface area contributed by atoms with Gasteiger partial charge in [-0.25, -0.2) is 4.98 Å². The molecule has 0 unspecified atom stereocenters. The molecule has 1 aromatic carbocycles. The number of benzene rings is 1. The number of nitrogens with zero attached hydrogens (tertiary/aromatic N) is 2. The van der Waals surface area contributed by atoms with Gasteiger partial charge < -0.3 is 18.8 Å². The maximum absolute atomic E-state index is 12.9. The first kappa shape index (κ1) is 19.0. The highest BCUT2D eigenvalue weighted by molar-refractivity contribution is 7.15. The molecule has 3 aromatic rings. The van der Waals surface area contributed by atoms with E-state index < -0.39 is 0 Å². The number of fused-ring (bicyclic) bond motifs is 1. The Balaban J connectivity index is 1.48. The largest absolute Gasteiger partial charge is 0.493 e. The topological polar surface area (TPSA) is 93.9 Å². The van der Waals surface area contributed by atoms with Gasteiger partial charge in [-0.3, -0.25) is 14.9 Å². The van der Waals surface area contributed by atoms with Gasteiger partial charge >= 0.3 is 0 Å². The Labute approximate surface area is 171 Å². The van der Waals surface area contributed by atoms with Crippen molar-refractivity contribution in [2.75, 3.05) is 26.1 Å². The van der Waals surface area contributed by atoms with Gasteiger partial charge in [0.25, 0.3) is 11.8 Å². The van der Waals surface area contributed by atoms with E-state index in [1.807, 2.05) is 0 Å². The monoisotopic (exact) mass is 413 g/mol. The molecule has 2 amide bonds. The third kappa shape index (κ3) is 3.81. The quantitative estimate of drug-likeness (QED) is 0.690. The Morgan fingerprint density at radius 3 is 2.76 bits per heavy atom. The van der Waals surface area contributed by atoms with Crippen molar-refractivity contribution in [1.82, 2.24) is 9.88 Å². The van der Waals surface area contributed by atoms with E-state index in [0.29, 0.717) is 41.7 Å². The number of methoxy groups -OCH3 is 2. The molecule has 0 saturated carbocycles. The molecule has 29 heavy (non-hydrogen) atoms. The Morgan fingerprint density at radius 1 is 1.21 bits per heavy atom. The van der Waals surface area contributed by atoms with Gasteiger partial charge in [-0.2, -0.15) is 0 Å². The molecule has 0 atom stereocenters. The van der Waals surface area contributed by atoms with Crippen molar-refractivity contribution in [1.29, 1.82) is 0 Å². The van der Waals surface area contributed by atoms with Crippen LogP contribution in [0.15, 0.2) is 41.0 Å². The first-order valence-corrected chi connectivity index (χ1v) is 9.75. The van der Waals surface area contributed by atoms with Gasteiger partial charge in [0.1, 0.15) is 0 Å². The maximum Gasteiger partial charge on any atom is 0.293 e. The molecule has 4 rings (SSSR count). The van der Waals surface area contributed by atoms with Crippen LogP contribution >= 0.6 is 11.3 Å². The van der Waals surface area contributed by atoms with Crippen molar-refractivity contribution in [3.05, 3.63) is 58.5 Å². The van der Waals surface area contributed by atoms with Crippen LogP contribution in [0.1, 0.15) is 31.5 Å². The number of carbonyl (C=O) groups is 2. The summed E-state index contributed by atoms with van der Waals surface area (Å²) in [5, 5.41) is 3.24. The second-order valence-electron chi connectivity index (χ2n) is 6.37. The second kappa shape index (κ2) is 7.96. The predicted octanol–water partition coefficient (Wildman–Crippen LogP) is 3.20. The summed E-state index contributed by atoms with van der Waals surface area (Å²) in [6.45, 7) is 0.992. The smallest absolute Gasteiger partial charge is 0.293 e. The lowest BCUT2D eigenvalue weighted by molar-refractivity contribution is 0.0735. The minimum atomic E-state index is -0.348. The van der Waals surface area contributed by atoms with Crippen LogP contribution in [-0.2, 0) is 13.0 Å². The number of carbonyl (C=O) groups excluding carboxylic acids is 2. The number of amides is 2. The number of rotatable bonds is 5. The van der Waals surface area contributed by atoms with Crippen LogP contribution in [0.3, 0.4) is 0 Å². The van der Waals surface area contributed by atoms with Crippen LogP contribution in [-0.4, -0.2) is 42.5 Å². The molecule has 1 aliphatic heterocycles. The third-order valence-electron chi connectivity index (χ3n) is 4.61. The number of aromatic nitrogens is 1. The fourth-order valence-electron chi connectivity index (χ4n) is 3.14. The lowest BCUT2D eigenvalue weighted by Crippen LogP contribution is -2.35. The maximum atomic E-state index is 12.9. The Morgan fingerprint density at radius 2 is 2.03 bits per heavy atom.